The highest BCUT2D eigenvalue weighted by atomic mass is 16.5. The van der Waals surface area contributed by atoms with Crippen LogP contribution in [-0.2, 0) is 0 Å². The maximum Gasteiger partial charge on any atom is 0.276 e. The lowest BCUT2D eigenvalue weighted by atomic mass is 10.2. The van der Waals surface area contributed by atoms with Crippen LogP contribution >= 0.6 is 0 Å². The van der Waals surface area contributed by atoms with E-state index < -0.39 is 0 Å². The molecule has 3 heterocycles. The minimum Gasteiger partial charge on any atom is -0.361 e. The zero-order valence-corrected chi connectivity index (χ0v) is 11.8. The molecule has 2 aromatic rings. The van der Waals surface area contributed by atoms with Gasteiger partial charge in [0.25, 0.3) is 5.91 Å². The van der Waals surface area contributed by atoms with Crippen molar-refractivity contribution in [3.8, 4) is 0 Å². The summed E-state index contributed by atoms with van der Waals surface area (Å²) in [5.74, 6) is 2.26. The Kier molecular flexibility index (Phi) is 2.80. The highest BCUT2D eigenvalue weighted by molar-refractivity contribution is 5.92. The molecule has 2 aromatic heterocycles. The number of carbonyl (C=O) groups is 1. The van der Waals surface area contributed by atoms with Gasteiger partial charge in [-0.1, -0.05) is 10.3 Å². The summed E-state index contributed by atoms with van der Waals surface area (Å²) in [6.45, 7) is 2.45. The standard InChI is InChI=1S/C14H16N4O3/c1-8-7-10(16-20-8)14(19)18-6-2-3-11(18)13-15-12(17-21-13)9-4-5-9/h7,9,11H,2-6H2,1H3. The van der Waals surface area contributed by atoms with E-state index in [9.17, 15) is 4.79 Å². The molecule has 2 aliphatic rings. The maximum atomic E-state index is 12.5. The molecule has 7 nitrogen and oxygen atoms in total. The number of likely N-dealkylation sites (tertiary alicyclic amines) is 1. The minimum absolute atomic E-state index is 0.138. The quantitative estimate of drug-likeness (QED) is 0.860. The lowest BCUT2D eigenvalue weighted by molar-refractivity contribution is 0.0699. The summed E-state index contributed by atoms with van der Waals surface area (Å²) >= 11 is 0. The van der Waals surface area contributed by atoms with Crippen molar-refractivity contribution in [1.29, 1.82) is 0 Å². The zero-order valence-electron chi connectivity index (χ0n) is 11.8. The monoisotopic (exact) mass is 288 g/mol. The van der Waals surface area contributed by atoms with Gasteiger partial charge in [-0.2, -0.15) is 4.98 Å². The van der Waals surface area contributed by atoms with Gasteiger partial charge in [-0.25, -0.2) is 0 Å². The molecule has 4 rings (SSSR count). The molecule has 7 heteroatoms. The first-order valence-corrected chi connectivity index (χ1v) is 7.30. The molecule has 1 saturated heterocycles. The fraction of sp³-hybridized carbons (Fsp3) is 0.571. The number of carbonyl (C=O) groups excluding carboxylic acids is 1. The second-order valence-electron chi connectivity index (χ2n) is 5.74. The summed E-state index contributed by atoms with van der Waals surface area (Å²) in [7, 11) is 0. The molecular weight excluding hydrogens is 272 g/mol. The van der Waals surface area contributed by atoms with Gasteiger partial charge in [0.05, 0.1) is 0 Å². The lowest BCUT2D eigenvalue weighted by Gasteiger charge is -2.20. The maximum absolute atomic E-state index is 12.5. The van der Waals surface area contributed by atoms with E-state index in [0.717, 1.165) is 31.5 Å². The molecule has 0 aromatic carbocycles. The summed E-state index contributed by atoms with van der Waals surface area (Å²) in [4.78, 5) is 18.7. The first kappa shape index (κ1) is 12.6. The van der Waals surface area contributed by atoms with Crippen LogP contribution in [0.3, 0.4) is 0 Å². The number of amides is 1. The van der Waals surface area contributed by atoms with Gasteiger partial charge in [-0.15, -0.1) is 0 Å². The van der Waals surface area contributed by atoms with Gasteiger partial charge in [-0.3, -0.25) is 4.79 Å². The van der Waals surface area contributed by atoms with Crippen LogP contribution in [0.4, 0.5) is 0 Å². The van der Waals surface area contributed by atoms with Gasteiger partial charge in [-0.05, 0) is 32.6 Å². The van der Waals surface area contributed by atoms with Crippen molar-refractivity contribution in [1.82, 2.24) is 20.2 Å². The van der Waals surface area contributed by atoms with Crippen molar-refractivity contribution < 1.29 is 13.8 Å². The van der Waals surface area contributed by atoms with E-state index in [1.165, 1.54) is 0 Å². The SMILES string of the molecule is Cc1cc(C(=O)N2CCCC2c2nc(C3CC3)no2)no1. The predicted octanol–water partition coefficient (Wildman–Crippen LogP) is 2.22. The molecule has 0 spiro atoms. The molecule has 1 aliphatic carbocycles. The van der Waals surface area contributed by atoms with Crippen molar-refractivity contribution >= 4 is 5.91 Å². The van der Waals surface area contributed by atoms with Gasteiger partial charge in [0, 0.05) is 18.5 Å². The Bertz CT molecular complexity index is 673. The Balaban J connectivity index is 1.57. The van der Waals surface area contributed by atoms with E-state index in [0.29, 0.717) is 29.8 Å². The topological polar surface area (TPSA) is 85.3 Å². The fourth-order valence-electron chi connectivity index (χ4n) is 2.77. The van der Waals surface area contributed by atoms with Crippen molar-refractivity contribution in [2.75, 3.05) is 6.54 Å². The van der Waals surface area contributed by atoms with Gasteiger partial charge < -0.3 is 13.9 Å². The number of aryl methyl sites for hydroxylation is 1. The van der Waals surface area contributed by atoms with Crippen LogP contribution in [0.5, 0.6) is 0 Å². The number of hydrogen-bond acceptors (Lipinski definition) is 6. The highest BCUT2D eigenvalue weighted by Crippen LogP contribution is 2.40. The molecule has 1 saturated carbocycles. The summed E-state index contributed by atoms with van der Waals surface area (Å²) in [6, 6.07) is 1.51. The second kappa shape index (κ2) is 4.68. The number of hydrogen-bond donors (Lipinski definition) is 0. The first-order valence-electron chi connectivity index (χ1n) is 7.30. The summed E-state index contributed by atoms with van der Waals surface area (Å²) < 4.78 is 10.4. The Morgan fingerprint density at radius 3 is 2.86 bits per heavy atom. The Morgan fingerprint density at radius 1 is 1.29 bits per heavy atom. The van der Waals surface area contributed by atoms with Crippen molar-refractivity contribution in [2.45, 2.75) is 44.6 Å². The zero-order chi connectivity index (χ0) is 14.4. The minimum atomic E-state index is -0.144. The first-order chi connectivity index (χ1) is 10.2. The average molecular weight is 288 g/mol. The lowest BCUT2D eigenvalue weighted by Crippen LogP contribution is -2.31. The van der Waals surface area contributed by atoms with Gasteiger partial charge >= 0.3 is 0 Å². The van der Waals surface area contributed by atoms with E-state index >= 15 is 0 Å². The largest absolute Gasteiger partial charge is 0.361 e. The summed E-state index contributed by atoms with van der Waals surface area (Å²) in [5, 5.41) is 7.83. The van der Waals surface area contributed by atoms with Crippen LogP contribution in [0, 0.1) is 6.92 Å². The molecule has 1 aliphatic heterocycles. The van der Waals surface area contributed by atoms with Gasteiger partial charge in [0.1, 0.15) is 11.8 Å². The molecule has 1 amide bonds. The summed E-state index contributed by atoms with van der Waals surface area (Å²) in [6.07, 6.45) is 4.03. The third kappa shape index (κ3) is 2.22. The van der Waals surface area contributed by atoms with E-state index in [4.69, 9.17) is 9.05 Å². The van der Waals surface area contributed by atoms with E-state index in [1.54, 1.807) is 17.9 Å². The van der Waals surface area contributed by atoms with Crippen LogP contribution in [0.2, 0.25) is 0 Å². The number of rotatable bonds is 3. The van der Waals surface area contributed by atoms with E-state index in [-0.39, 0.29) is 11.9 Å². The van der Waals surface area contributed by atoms with Crippen LogP contribution in [-0.4, -0.2) is 32.6 Å². The molecule has 110 valence electrons. The van der Waals surface area contributed by atoms with Crippen LogP contribution in [0.15, 0.2) is 15.1 Å². The third-order valence-electron chi connectivity index (χ3n) is 4.05. The van der Waals surface area contributed by atoms with Crippen LogP contribution in [0.1, 0.15) is 65.6 Å². The average Bonchev–Trinajstić information content (AvgIpc) is 2.94. The normalized spacial score (nSPS) is 22.0. The van der Waals surface area contributed by atoms with Crippen molar-refractivity contribution in [3.05, 3.63) is 29.2 Å². The van der Waals surface area contributed by atoms with Gasteiger partial charge in [0.2, 0.25) is 5.89 Å². The Labute approximate surface area is 121 Å². The van der Waals surface area contributed by atoms with Gasteiger partial charge in [0.15, 0.2) is 11.5 Å². The Hall–Kier alpha value is -2.18. The van der Waals surface area contributed by atoms with Crippen LogP contribution < -0.4 is 0 Å². The van der Waals surface area contributed by atoms with E-state index in [1.807, 2.05) is 0 Å². The smallest absolute Gasteiger partial charge is 0.276 e. The molecule has 2 fully saturated rings. The number of nitrogens with zero attached hydrogens (tertiary/aromatic N) is 4. The molecular formula is C14H16N4O3. The fourth-order valence-corrected chi connectivity index (χ4v) is 2.77. The van der Waals surface area contributed by atoms with E-state index in [2.05, 4.69) is 15.3 Å². The Morgan fingerprint density at radius 2 is 2.14 bits per heavy atom. The predicted molar refractivity (Wildman–Crippen MR) is 70.5 cm³/mol. The molecule has 0 radical (unpaired) electrons. The second-order valence-corrected chi connectivity index (χ2v) is 5.74. The van der Waals surface area contributed by atoms with Crippen molar-refractivity contribution in [2.24, 2.45) is 0 Å². The molecule has 21 heavy (non-hydrogen) atoms. The van der Waals surface area contributed by atoms with Crippen molar-refractivity contribution in [3.63, 3.8) is 0 Å². The molecule has 0 bridgehead atoms. The number of aromatic nitrogens is 3. The third-order valence-corrected chi connectivity index (χ3v) is 4.05. The highest BCUT2D eigenvalue weighted by Gasteiger charge is 2.37. The summed E-state index contributed by atoms with van der Waals surface area (Å²) in [5.41, 5.74) is 0.335. The molecule has 1 atom stereocenters. The molecule has 0 N–H and O–H groups in total. The molecule has 1 unspecified atom stereocenters. The van der Waals surface area contributed by atoms with Crippen LogP contribution in [0.25, 0.3) is 0 Å².